The fraction of sp³-hybridized carbons (Fsp3) is 1.00. The van der Waals surface area contributed by atoms with Crippen LogP contribution in [0.25, 0.3) is 0 Å². The van der Waals surface area contributed by atoms with Crippen LogP contribution in [0.3, 0.4) is 0 Å². The molecule has 1 fully saturated rings. The number of aliphatic hydroxyl groups excluding tert-OH is 3. The molecule has 14 heavy (non-hydrogen) atoms. The predicted molar refractivity (Wildman–Crippen MR) is 57.6 cm³/mol. The van der Waals surface area contributed by atoms with Crippen molar-refractivity contribution in [2.75, 3.05) is 5.75 Å². The molecule has 5 atom stereocenters. The van der Waals surface area contributed by atoms with Crippen molar-refractivity contribution >= 4 is 12.6 Å². The third-order valence-electron chi connectivity index (χ3n) is 2.13. The number of thiol groups is 1. The lowest BCUT2D eigenvalue weighted by Crippen LogP contribution is -2.57. The molecular formula is C9H20O4S. The molecule has 5 unspecified atom stereocenters. The van der Waals surface area contributed by atoms with E-state index in [2.05, 4.69) is 12.6 Å². The second-order valence-corrected chi connectivity index (χ2v) is 3.40. The molecule has 1 saturated heterocycles. The predicted octanol–water partition coefficient (Wildman–Crippen LogP) is -0.188. The fourth-order valence-corrected chi connectivity index (χ4v) is 1.59. The minimum Gasteiger partial charge on any atom is -0.388 e. The molecule has 0 aromatic carbocycles. The Hall–Kier alpha value is 0.190. The van der Waals surface area contributed by atoms with Gasteiger partial charge in [0.25, 0.3) is 0 Å². The topological polar surface area (TPSA) is 69.9 Å². The monoisotopic (exact) mass is 224 g/mol. The lowest BCUT2D eigenvalue weighted by Gasteiger charge is -2.38. The van der Waals surface area contributed by atoms with Gasteiger partial charge < -0.3 is 20.1 Å². The SMILES string of the molecule is CC.CC1OC(CS)C(O)C(O)C1O. The molecule has 1 aliphatic heterocycles. The van der Waals surface area contributed by atoms with Crippen LogP contribution in [0.4, 0.5) is 0 Å². The Bertz CT molecular complexity index is 151. The molecule has 0 aromatic rings. The van der Waals surface area contributed by atoms with Gasteiger partial charge in [-0.05, 0) is 6.92 Å². The summed E-state index contributed by atoms with van der Waals surface area (Å²) in [5.41, 5.74) is 0. The Labute approximate surface area is 90.3 Å². The van der Waals surface area contributed by atoms with E-state index >= 15 is 0 Å². The zero-order valence-corrected chi connectivity index (χ0v) is 9.69. The van der Waals surface area contributed by atoms with Gasteiger partial charge >= 0.3 is 0 Å². The summed E-state index contributed by atoms with van der Waals surface area (Å²) in [4.78, 5) is 0. The molecule has 1 heterocycles. The van der Waals surface area contributed by atoms with Gasteiger partial charge in [0.05, 0.1) is 12.2 Å². The maximum absolute atomic E-state index is 9.34. The summed E-state index contributed by atoms with van der Waals surface area (Å²) in [5.74, 6) is 0.329. The van der Waals surface area contributed by atoms with E-state index < -0.39 is 30.5 Å². The van der Waals surface area contributed by atoms with Gasteiger partial charge in [-0.3, -0.25) is 0 Å². The Morgan fingerprint density at radius 3 is 2.00 bits per heavy atom. The van der Waals surface area contributed by atoms with Gasteiger partial charge in [-0.25, -0.2) is 0 Å². The Morgan fingerprint density at radius 2 is 1.57 bits per heavy atom. The number of hydrogen-bond donors (Lipinski definition) is 4. The minimum atomic E-state index is -1.13. The smallest absolute Gasteiger partial charge is 0.111 e. The summed E-state index contributed by atoms with van der Waals surface area (Å²) in [7, 11) is 0. The molecule has 0 spiro atoms. The third-order valence-corrected chi connectivity index (χ3v) is 2.49. The second-order valence-electron chi connectivity index (χ2n) is 3.03. The standard InChI is InChI=1S/C7H14O4S.C2H6/c1-3-5(8)7(10)6(9)4(2-12)11-3;1-2/h3-10,12H,2H2,1H3;1-2H3. The normalized spacial score (nSPS) is 42.6. The van der Waals surface area contributed by atoms with E-state index in [1.165, 1.54) is 0 Å². The first-order valence-electron chi connectivity index (χ1n) is 4.88. The van der Waals surface area contributed by atoms with Crippen molar-refractivity contribution in [1.29, 1.82) is 0 Å². The Kier molecular flexibility index (Phi) is 6.72. The van der Waals surface area contributed by atoms with Crippen molar-refractivity contribution in [3.05, 3.63) is 0 Å². The van der Waals surface area contributed by atoms with Gasteiger partial charge in [0, 0.05) is 5.75 Å². The number of hydrogen-bond acceptors (Lipinski definition) is 5. The Morgan fingerprint density at radius 1 is 1.07 bits per heavy atom. The zero-order chi connectivity index (χ0) is 11.3. The maximum Gasteiger partial charge on any atom is 0.111 e. The highest BCUT2D eigenvalue weighted by molar-refractivity contribution is 7.80. The van der Waals surface area contributed by atoms with Gasteiger partial charge in [-0.2, -0.15) is 12.6 Å². The molecule has 0 radical (unpaired) electrons. The van der Waals surface area contributed by atoms with Crippen LogP contribution in [0.15, 0.2) is 0 Å². The van der Waals surface area contributed by atoms with Gasteiger partial charge in [0.15, 0.2) is 0 Å². The first kappa shape index (κ1) is 14.2. The van der Waals surface area contributed by atoms with E-state index in [9.17, 15) is 15.3 Å². The summed E-state index contributed by atoms with van der Waals surface area (Å²) in [6, 6.07) is 0. The molecule has 4 nitrogen and oxygen atoms in total. The molecule has 0 bridgehead atoms. The van der Waals surface area contributed by atoms with E-state index in [4.69, 9.17) is 4.74 Å². The van der Waals surface area contributed by atoms with E-state index in [1.807, 2.05) is 13.8 Å². The molecule has 5 heteroatoms. The van der Waals surface area contributed by atoms with Crippen molar-refractivity contribution in [2.24, 2.45) is 0 Å². The molecule has 1 rings (SSSR count). The van der Waals surface area contributed by atoms with E-state index in [0.29, 0.717) is 5.75 Å². The van der Waals surface area contributed by atoms with Crippen LogP contribution in [0.1, 0.15) is 20.8 Å². The fourth-order valence-electron chi connectivity index (χ4n) is 1.29. The largest absolute Gasteiger partial charge is 0.388 e. The van der Waals surface area contributed by atoms with Crippen LogP contribution in [-0.2, 0) is 4.74 Å². The zero-order valence-electron chi connectivity index (χ0n) is 8.79. The lowest BCUT2D eigenvalue weighted by atomic mass is 9.97. The lowest BCUT2D eigenvalue weighted by molar-refractivity contribution is -0.210. The van der Waals surface area contributed by atoms with E-state index in [1.54, 1.807) is 6.92 Å². The van der Waals surface area contributed by atoms with Crippen molar-refractivity contribution in [2.45, 2.75) is 51.3 Å². The molecule has 0 aromatic heterocycles. The molecule has 0 saturated carbocycles. The average Bonchev–Trinajstić information content (AvgIpc) is 2.23. The van der Waals surface area contributed by atoms with Gasteiger partial charge in [0.2, 0.25) is 0 Å². The second kappa shape index (κ2) is 6.63. The van der Waals surface area contributed by atoms with Crippen LogP contribution in [0, 0.1) is 0 Å². The van der Waals surface area contributed by atoms with Crippen LogP contribution in [-0.4, -0.2) is 51.6 Å². The van der Waals surface area contributed by atoms with Crippen molar-refractivity contribution < 1.29 is 20.1 Å². The molecule has 86 valence electrons. The molecule has 0 aliphatic carbocycles. The van der Waals surface area contributed by atoms with Crippen LogP contribution < -0.4 is 0 Å². The molecule has 0 amide bonds. The Balaban J connectivity index is 0.000000791. The molecular weight excluding hydrogens is 204 g/mol. The van der Waals surface area contributed by atoms with Gasteiger partial charge in [-0.1, -0.05) is 13.8 Å². The first-order valence-corrected chi connectivity index (χ1v) is 5.51. The third kappa shape index (κ3) is 3.10. The van der Waals surface area contributed by atoms with E-state index in [-0.39, 0.29) is 0 Å². The number of rotatable bonds is 1. The van der Waals surface area contributed by atoms with Crippen LogP contribution >= 0.6 is 12.6 Å². The van der Waals surface area contributed by atoms with Crippen LogP contribution in [0.5, 0.6) is 0 Å². The highest BCUT2D eigenvalue weighted by Crippen LogP contribution is 2.21. The highest BCUT2D eigenvalue weighted by Gasteiger charge is 2.40. The highest BCUT2D eigenvalue weighted by atomic mass is 32.1. The van der Waals surface area contributed by atoms with Crippen molar-refractivity contribution in [1.82, 2.24) is 0 Å². The number of aliphatic hydroxyl groups is 3. The number of ether oxygens (including phenoxy) is 1. The summed E-state index contributed by atoms with van der Waals surface area (Å²) in [6.07, 6.45) is -4.15. The quantitative estimate of drug-likeness (QED) is 0.466. The molecule has 1 aliphatic rings. The summed E-state index contributed by atoms with van der Waals surface area (Å²) >= 11 is 3.96. The van der Waals surface area contributed by atoms with Gasteiger partial charge in [0.1, 0.15) is 18.3 Å². The summed E-state index contributed by atoms with van der Waals surface area (Å²) in [6.45, 7) is 5.65. The summed E-state index contributed by atoms with van der Waals surface area (Å²) < 4.78 is 5.19. The first-order chi connectivity index (χ1) is 6.57. The van der Waals surface area contributed by atoms with E-state index in [0.717, 1.165) is 0 Å². The van der Waals surface area contributed by atoms with Crippen molar-refractivity contribution in [3.63, 3.8) is 0 Å². The summed E-state index contributed by atoms with van der Waals surface area (Å²) in [5, 5.41) is 27.9. The van der Waals surface area contributed by atoms with Gasteiger partial charge in [-0.15, -0.1) is 0 Å². The minimum absolute atomic E-state index is 0.329. The average molecular weight is 224 g/mol. The van der Waals surface area contributed by atoms with Crippen LogP contribution in [0.2, 0.25) is 0 Å². The maximum atomic E-state index is 9.34. The molecule has 3 N–H and O–H groups in total. The van der Waals surface area contributed by atoms with Crippen molar-refractivity contribution in [3.8, 4) is 0 Å².